The second kappa shape index (κ2) is 6.72. The van der Waals surface area contributed by atoms with Crippen LogP contribution in [0.5, 0.6) is 5.75 Å². The third-order valence-electron chi connectivity index (χ3n) is 2.64. The zero-order valence-corrected chi connectivity index (χ0v) is 11.3. The number of benzene rings is 1. The summed E-state index contributed by atoms with van der Waals surface area (Å²) < 4.78 is 4.88. The van der Waals surface area contributed by atoms with Gasteiger partial charge in [-0.3, -0.25) is 14.9 Å². The van der Waals surface area contributed by atoms with Gasteiger partial charge in [-0.05, 0) is 24.5 Å². The number of nitrogens with one attached hydrogen (secondary N) is 1. The monoisotopic (exact) mass is 266 g/mol. The van der Waals surface area contributed by atoms with Crippen LogP contribution in [0.15, 0.2) is 18.2 Å². The number of hydrogen-bond acceptors (Lipinski definition) is 4. The summed E-state index contributed by atoms with van der Waals surface area (Å²) in [5.74, 6) is 0.320. The van der Waals surface area contributed by atoms with Crippen LogP contribution in [-0.2, 0) is 0 Å². The lowest BCUT2D eigenvalue weighted by molar-refractivity contribution is -0.385. The van der Waals surface area contributed by atoms with Gasteiger partial charge in [-0.2, -0.15) is 0 Å². The Morgan fingerprint density at radius 3 is 2.68 bits per heavy atom. The number of hydrogen-bond donors (Lipinski definition) is 1. The molecule has 6 nitrogen and oxygen atoms in total. The van der Waals surface area contributed by atoms with Crippen molar-refractivity contribution in [2.75, 3.05) is 13.7 Å². The number of nitro benzene ring substituents is 1. The third-order valence-corrected chi connectivity index (χ3v) is 2.64. The predicted octanol–water partition coefficient (Wildman–Crippen LogP) is 2.38. The highest BCUT2D eigenvalue weighted by Gasteiger charge is 2.17. The number of rotatable bonds is 6. The molecule has 104 valence electrons. The van der Waals surface area contributed by atoms with E-state index in [0.717, 1.165) is 6.42 Å². The van der Waals surface area contributed by atoms with Crippen molar-refractivity contribution in [1.82, 2.24) is 5.32 Å². The Kier molecular flexibility index (Phi) is 5.29. The summed E-state index contributed by atoms with van der Waals surface area (Å²) in [5.41, 5.74) is 0.0512. The molecule has 1 rings (SSSR count). The van der Waals surface area contributed by atoms with Gasteiger partial charge in [0.15, 0.2) is 5.75 Å². The van der Waals surface area contributed by atoms with Gasteiger partial charge in [0.05, 0.1) is 12.0 Å². The van der Waals surface area contributed by atoms with E-state index in [1.54, 1.807) is 0 Å². The van der Waals surface area contributed by atoms with Crippen molar-refractivity contribution in [2.45, 2.75) is 20.3 Å². The van der Waals surface area contributed by atoms with Crippen molar-refractivity contribution in [2.24, 2.45) is 5.92 Å². The molecule has 0 radical (unpaired) electrons. The summed E-state index contributed by atoms with van der Waals surface area (Å²) in [5, 5.41) is 13.6. The molecule has 1 N–H and O–H groups in total. The number of methoxy groups -OCH3 is 1. The van der Waals surface area contributed by atoms with Crippen LogP contribution in [0, 0.1) is 16.0 Å². The van der Waals surface area contributed by atoms with Crippen molar-refractivity contribution >= 4 is 11.6 Å². The van der Waals surface area contributed by atoms with Crippen LogP contribution >= 0.6 is 0 Å². The number of carbonyl (C=O) groups excluding carboxylic acids is 1. The van der Waals surface area contributed by atoms with Crippen LogP contribution < -0.4 is 10.1 Å². The Labute approximate surface area is 111 Å². The summed E-state index contributed by atoms with van der Waals surface area (Å²) in [6, 6.07) is 4.16. The van der Waals surface area contributed by atoms with Gasteiger partial charge in [-0.15, -0.1) is 0 Å². The van der Waals surface area contributed by atoms with Crippen molar-refractivity contribution < 1.29 is 14.5 Å². The number of amides is 1. The standard InChI is InChI=1S/C13H18N2O4/c1-9(2)6-7-14-13(16)10-4-5-12(19-3)11(8-10)15(17)18/h4-5,8-9H,6-7H2,1-3H3,(H,14,16). The summed E-state index contributed by atoms with van der Waals surface area (Å²) in [4.78, 5) is 22.1. The molecule has 0 spiro atoms. The minimum absolute atomic E-state index is 0.142. The summed E-state index contributed by atoms with van der Waals surface area (Å²) in [6.07, 6.45) is 0.865. The third kappa shape index (κ3) is 4.24. The molecule has 0 heterocycles. The van der Waals surface area contributed by atoms with E-state index in [2.05, 4.69) is 19.2 Å². The van der Waals surface area contributed by atoms with Crippen LogP contribution in [0.1, 0.15) is 30.6 Å². The van der Waals surface area contributed by atoms with Gasteiger partial charge in [0.25, 0.3) is 5.91 Å². The molecule has 0 atom stereocenters. The average Bonchev–Trinajstić information content (AvgIpc) is 2.37. The lowest BCUT2D eigenvalue weighted by Gasteiger charge is -2.08. The molecule has 1 aromatic carbocycles. The van der Waals surface area contributed by atoms with Gasteiger partial charge < -0.3 is 10.1 Å². The first-order valence-electron chi connectivity index (χ1n) is 6.06. The Hall–Kier alpha value is -2.11. The smallest absolute Gasteiger partial charge is 0.311 e. The first kappa shape index (κ1) is 14.9. The minimum Gasteiger partial charge on any atom is -0.490 e. The fraction of sp³-hybridized carbons (Fsp3) is 0.462. The molecular formula is C13H18N2O4. The SMILES string of the molecule is COc1ccc(C(=O)NCCC(C)C)cc1[N+](=O)[O-]. The Morgan fingerprint density at radius 2 is 2.16 bits per heavy atom. The van der Waals surface area contributed by atoms with Gasteiger partial charge in [0, 0.05) is 18.2 Å². The van der Waals surface area contributed by atoms with E-state index in [-0.39, 0.29) is 22.9 Å². The van der Waals surface area contributed by atoms with Crippen LogP contribution in [0.4, 0.5) is 5.69 Å². The molecule has 0 aliphatic rings. The maximum atomic E-state index is 11.8. The fourth-order valence-electron chi connectivity index (χ4n) is 1.55. The minimum atomic E-state index is -0.566. The molecule has 0 aromatic heterocycles. The predicted molar refractivity (Wildman–Crippen MR) is 71.4 cm³/mol. The van der Waals surface area contributed by atoms with Crippen molar-refractivity contribution in [1.29, 1.82) is 0 Å². The second-order valence-electron chi connectivity index (χ2n) is 4.58. The Bertz CT molecular complexity index is 472. The highest BCUT2D eigenvalue weighted by molar-refractivity contribution is 5.95. The van der Waals surface area contributed by atoms with Gasteiger partial charge >= 0.3 is 5.69 Å². The van der Waals surface area contributed by atoms with Gasteiger partial charge in [0.1, 0.15) is 0 Å². The second-order valence-corrected chi connectivity index (χ2v) is 4.58. The lowest BCUT2D eigenvalue weighted by Crippen LogP contribution is -2.25. The average molecular weight is 266 g/mol. The quantitative estimate of drug-likeness (QED) is 0.633. The molecule has 0 saturated carbocycles. The number of nitrogens with zero attached hydrogens (tertiary/aromatic N) is 1. The maximum Gasteiger partial charge on any atom is 0.311 e. The normalized spacial score (nSPS) is 10.3. The van der Waals surface area contributed by atoms with E-state index in [1.165, 1.54) is 25.3 Å². The molecule has 6 heteroatoms. The zero-order valence-electron chi connectivity index (χ0n) is 11.3. The number of ether oxygens (including phenoxy) is 1. The zero-order chi connectivity index (χ0) is 14.4. The Morgan fingerprint density at radius 1 is 1.47 bits per heavy atom. The highest BCUT2D eigenvalue weighted by atomic mass is 16.6. The van der Waals surface area contributed by atoms with Crippen molar-refractivity contribution in [3.05, 3.63) is 33.9 Å². The van der Waals surface area contributed by atoms with Gasteiger partial charge in [-0.1, -0.05) is 13.8 Å². The summed E-state index contributed by atoms with van der Waals surface area (Å²) in [6.45, 7) is 4.67. The number of nitro groups is 1. The number of carbonyl (C=O) groups is 1. The van der Waals surface area contributed by atoms with Crippen molar-refractivity contribution in [3.63, 3.8) is 0 Å². The fourth-order valence-corrected chi connectivity index (χ4v) is 1.55. The van der Waals surface area contributed by atoms with Crippen LogP contribution in [0.25, 0.3) is 0 Å². The van der Waals surface area contributed by atoms with E-state index in [1.807, 2.05) is 0 Å². The molecule has 1 aromatic rings. The summed E-state index contributed by atoms with van der Waals surface area (Å²) in [7, 11) is 1.35. The molecule has 0 aliphatic heterocycles. The first-order valence-corrected chi connectivity index (χ1v) is 6.06. The summed E-state index contributed by atoms with van der Waals surface area (Å²) >= 11 is 0. The highest BCUT2D eigenvalue weighted by Crippen LogP contribution is 2.27. The molecular weight excluding hydrogens is 248 g/mol. The topological polar surface area (TPSA) is 81.5 Å². The van der Waals surface area contributed by atoms with Gasteiger partial charge in [0.2, 0.25) is 0 Å². The largest absolute Gasteiger partial charge is 0.490 e. The first-order chi connectivity index (χ1) is 8.95. The lowest BCUT2D eigenvalue weighted by atomic mass is 10.1. The van der Waals surface area contributed by atoms with E-state index in [0.29, 0.717) is 12.5 Å². The van der Waals surface area contributed by atoms with Gasteiger partial charge in [-0.25, -0.2) is 0 Å². The maximum absolute atomic E-state index is 11.8. The molecule has 0 bridgehead atoms. The molecule has 19 heavy (non-hydrogen) atoms. The molecule has 0 fully saturated rings. The van der Waals surface area contributed by atoms with Crippen LogP contribution in [-0.4, -0.2) is 24.5 Å². The van der Waals surface area contributed by atoms with Crippen LogP contribution in [0.2, 0.25) is 0 Å². The van der Waals surface area contributed by atoms with E-state index in [4.69, 9.17) is 4.74 Å². The van der Waals surface area contributed by atoms with E-state index in [9.17, 15) is 14.9 Å². The Balaban J connectivity index is 2.81. The molecule has 0 unspecified atom stereocenters. The molecule has 0 saturated heterocycles. The van der Waals surface area contributed by atoms with Crippen molar-refractivity contribution in [3.8, 4) is 5.75 Å². The van der Waals surface area contributed by atoms with E-state index < -0.39 is 4.92 Å². The van der Waals surface area contributed by atoms with E-state index >= 15 is 0 Å². The molecule has 1 amide bonds. The molecule has 0 aliphatic carbocycles. The van der Waals surface area contributed by atoms with Crippen LogP contribution in [0.3, 0.4) is 0 Å².